The molecule has 2 nitrogen and oxygen atoms in total. The molecule has 0 aliphatic heterocycles. The van der Waals surface area contributed by atoms with Gasteiger partial charge in [0.1, 0.15) is 0 Å². The predicted molar refractivity (Wildman–Crippen MR) is 229 cm³/mol. The van der Waals surface area contributed by atoms with E-state index in [0.29, 0.717) is 0 Å². The predicted octanol–water partition coefficient (Wildman–Crippen LogP) is 14.1. The molecule has 2 heterocycles. The van der Waals surface area contributed by atoms with E-state index in [-0.39, 0.29) is 0 Å². The van der Waals surface area contributed by atoms with Crippen LogP contribution < -0.4 is 0 Å². The van der Waals surface area contributed by atoms with Gasteiger partial charge >= 0.3 is 0 Å². The highest BCUT2D eigenvalue weighted by molar-refractivity contribution is 6.28. The summed E-state index contributed by atoms with van der Waals surface area (Å²) in [7, 11) is 0. The average Bonchev–Trinajstić information content (AvgIpc) is 3.25. The molecule has 250 valence electrons. The highest BCUT2D eigenvalue weighted by Crippen LogP contribution is 2.49. The minimum absolute atomic E-state index is 0.940. The van der Waals surface area contributed by atoms with Crippen LogP contribution >= 0.6 is 0 Å². The van der Waals surface area contributed by atoms with Gasteiger partial charge in [-0.2, -0.15) is 0 Å². The van der Waals surface area contributed by atoms with E-state index in [9.17, 15) is 0 Å². The Morgan fingerprint density at radius 1 is 0.296 bits per heavy atom. The number of hydrogen-bond acceptors (Lipinski definition) is 2. The van der Waals surface area contributed by atoms with Crippen LogP contribution in [-0.2, 0) is 0 Å². The lowest BCUT2D eigenvalue weighted by atomic mass is 9.82. The Morgan fingerprint density at radius 2 is 0.759 bits per heavy atom. The summed E-state index contributed by atoms with van der Waals surface area (Å²) >= 11 is 0. The fraction of sp³-hybridized carbons (Fsp3) is 0. The van der Waals surface area contributed by atoms with Crippen molar-refractivity contribution in [2.75, 3.05) is 0 Å². The van der Waals surface area contributed by atoms with Crippen molar-refractivity contribution in [1.82, 2.24) is 9.97 Å². The van der Waals surface area contributed by atoms with Crippen LogP contribution in [0.1, 0.15) is 0 Å². The Labute approximate surface area is 312 Å². The molecule has 0 spiro atoms. The molecule has 2 heteroatoms. The quantitative estimate of drug-likeness (QED) is 0.136. The Hall–Kier alpha value is -7.16. The molecule has 0 saturated carbocycles. The zero-order valence-electron chi connectivity index (χ0n) is 29.4. The fourth-order valence-electron chi connectivity index (χ4n) is 8.72. The van der Waals surface area contributed by atoms with Gasteiger partial charge in [0.05, 0.1) is 5.69 Å². The van der Waals surface area contributed by atoms with Crippen LogP contribution in [0.15, 0.2) is 195 Å². The van der Waals surface area contributed by atoms with E-state index in [0.717, 1.165) is 22.4 Å². The summed E-state index contributed by atoms with van der Waals surface area (Å²) in [6.07, 6.45) is 5.62. The molecule has 0 radical (unpaired) electrons. The van der Waals surface area contributed by atoms with Crippen molar-refractivity contribution in [1.29, 1.82) is 0 Å². The van der Waals surface area contributed by atoms with Crippen LogP contribution in [-0.4, -0.2) is 9.97 Å². The molecular formula is C52H32N2. The van der Waals surface area contributed by atoms with Gasteiger partial charge in [-0.05, 0) is 129 Å². The minimum Gasteiger partial charge on any atom is -0.265 e. The lowest BCUT2D eigenvalue weighted by Crippen LogP contribution is -1.94. The number of hydrogen-bond donors (Lipinski definition) is 0. The van der Waals surface area contributed by atoms with Gasteiger partial charge in [-0.3, -0.25) is 9.97 Å². The van der Waals surface area contributed by atoms with Crippen LogP contribution in [0.25, 0.3) is 109 Å². The van der Waals surface area contributed by atoms with E-state index in [4.69, 9.17) is 4.98 Å². The first-order valence-electron chi connectivity index (χ1n) is 18.5. The monoisotopic (exact) mass is 684 g/mol. The third-order valence-electron chi connectivity index (χ3n) is 11.2. The minimum atomic E-state index is 0.940. The van der Waals surface area contributed by atoms with Gasteiger partial charge < -0.3 is 0 Å². The number of rotatable bonds is 4. The molecule has 0 aliphatic rings. The highest BCUT2D eigenvalue weighted by Gasteiger charge is 2.21. The van der Waals surface area contributed by atoms with E-state index in [2.05, 4.69) is 169 Å². The first-order chi connectivity index (χ1) is 26.8. The van der Waals surface area contributed by atoms with Crippen molar-refractivity contribution in [3.05, 3.63) is 195 Å². The Morgan fingerprint density at radius 3 is 1.31 bits per heavy atom. The third kappa shape index (κ3) is 4.74. The summed E-state index contributed by atoms with van der Waals surface area (Å²) in [6.45, 7) is 0. The topological polar surface area (TPSA) is 25.8 Å². The third-order valence-corrected chi connectivity index (χ3v) is 11.2. The second-order valence-electron chi connectivity index (χ2n) is 14.1. The fourth-order valence-corrected chi connectivity index (χ4v) is 8.72. The maximum absolute atomic E-state index is 5.02. The van der Waals surface area contributed by atoms with Crippen molar-refractivity contribution >= 4 is 64.6 Å². The molecule has 0 bridgehead atoms. The summed E-state index contributed by atoms with van der Waals surface area (Å²) in [5.41, 5.74) is 9.17. The Bertz CT molecular complexity index is 3250. The number of benzene rings is 9. The second-order valence-corrected chi connectivity index (χ2v) is 14.1. The zero-order chi connectivity index (χ0) is 35.6. The summed E-state index contributed by atoms with van der Waals surface area (Å²) in [5, 5.41) is 14.9. The number of aromatic nitrogens is 2. The van der Waals surface area contributed by atoms with Crippen molar-refractivity contribution in [2.45, 2.75) is 0 Å². The molecule has 0 saturated heterocycles. The highest BCUT2D eigenvalue weighted by atomic mass is 14.7. The summed E-state index contributed by atoms with van der Waals surface area (Å²) in [6, 6.07) is 64.4. The summed E-state index contributed by atoms with van der Waals surface area (Å²) in [5.74, 6) is 0. The maximum atomic E-state index is 5.02. The molecule has 2 aromatic heterocycles. The van der Waals surface area contributed by atoms with E-state index < -0.39 is 0 Å². The largest absolute Gasteiger partial charge is 0.265 e. The molecule has 54 heavy (non-hydrogen) atoms. The van der Waals surface area contributed by atoms with Crippen LogP contribution in [0, 0.1) is 0 Å². The van der Waals surface area contributed by atoms with Gasteiger partial charge in [0, 0.05) is 29.7 Å². The first kappa shape index (κ1) is 30.5. The lowest BCUT2D eigenvalue weighted by molar-refractivity contribution is 1.30. The van der Waals surface area contributed by atoms with Gasteiger partial charge in [0.25, 0.3) is 0 Å². The van der Waals surface area contributed by atoms with E-state index >= 15 is 0 Å². The van der Waals surface area contributed by atoms with Crippen LogP contribution in [0.2, 0.25) is 0 Å². The normalized spacial score (nSPS) is 11.7. The number of nitrogens with zero attached hydrogens (tertiary/aromatic N) is 2. The van der Waals surface area contributed by atoms with Crippen molar-refractivity contribution in [3.8, 4) is 44.6 Å². The van der Waals surface area contributed by atoms with Crippen LogP contribution in [0.3, 0.4) is 0 Å². The van der Waals surface area contributed by atoms with Crippen LogP contribution in [0.4, 0.5) is 0 Å². The van der Waals surface area contributed by atoms with Gasteiger partial charge in [-0.15, -0.1) is 0 Å². The lowest BCUT2D eigenvalue weighted by Gasteiger charge is -2.21. The summed E-state index contributed by atoms with van der Waals surface area (Å²) in [4.78, 5) is 9.22. The SMILES string of the molecule is c1ccc2c(c1)cc(-c1c3ccccc3c(-c3cc4ccccc4c4ccccc34)c3cc(-c4ccc(-c5ccncc5)cn4)ccc13)c1ccccc12. The van der Waals surface area contributed by atoms with Gasteiger partial charge in [0.15, 0.2) is 0 Å². The number of pyridine rings is 2. The zero-order valence-corrected chi connectivity index (χ0v) is 29.4. The van der Waals surface area contributed by atoms with E-state index in [1.165, 1.54) is 86.9 Å². The van der Waals surface area contributed by atoms with Gasteiger partial charge in [-0.25, -0.2) is 0 Å². The maximum Gasteiger partial charge on any atom is 0.0702 e. The van der Waals surface area contributed by atoms with Crippen molar-refractivity contribution < 1.29 is 0 Å². The molecule has 9 aromatic carbocycles. The van der Waals surface area contributed by atoms with E-state index in [1.54, 1.807) is 0 Å². The Balaban J connectivity index is 1.28. The average molecular weight is 685 g/mol. The van der Waals surface area contributed by atoms with Crippen molar-refractivity contribution in [3.63, 3.8) is 0 Å². The molecule has 0 unspecified atom stereocenters. The molecule has 11 aromatic rings. The molecule has 0 aliphatic carbocycles. The molecule has 0 atom stereocenters. The van der Waals surface area contributed by atoms with Crippen LogP contribution in [0.5, 0.6) is 0 Å². The number of fused-ring (bicyclic) bond motifs is 8. The smallest absolute Gasteiger partial charge is 0.0702 e. The molecule has 0 amide bonds. The van der Waals surface area contributed by atoms with Crippen molar-refractivity contribution in [2.24, 2.45) is 0 Å². The Kier molecular flexibility index (Phi) is 6.90. The first-order valence-corrected chi connectivity index (χ1v) is 18.5. The van der Waals surface area contributed by atoms with Gasteiger partial charge in [0.2, 0.25) is 0 Å². The molecule has 0 N–H and O–H groups in total. The molecule has 11 rings (SSSR count). The molecular weight excluding hydrogens is 653 g/mol. The summed E-state index contributed by atoms with van der Waals surface area (Å²) < 4.78 is 0. The van der Waals surface area contributed by atoms with Gasteiger partial charge in [-0.1, -0.05) is 140 Å². The molecule has 0 fully saturated rings. The second kappa shape index (κ2) is 12.2. The van der Waals surface area contributed by atoms with E-state index in [1.807, 2.05) is 30.7 Å². The standard InChI is InChI=1S/C52H32N2/c1-3-13-38-34(11-1)29-47(42-17-7-5-15-40(38)42)51-44-19-9-10-20-45(44)52(48-30-35-12-2-4-14-39(35)41-16-6-8-18-43(41)48)49-31-36(21-23-46(49)51)50-24-22-37(32-54-50)33-25-27-53-28-26-33/h1-32H.